The Bertz CT molecular complexity index is 168. The van der Waals surface area contributed by atoms with Crippen LogP contribution in [0.2, 0.25) is 0 Å². The highest BCUT2D eigenvalue weighted by Gasteiger charge is 2.24. The molecule has 1 heteroatoms. The summed E-state index contributed by atoms with van der Waals surface area (Å²) in [4.78, 5) is 0. The van der Waals surface area contributed by atoms with Crippen LogP contribution in [0, 0.1) is 11.8 Å². The Morgan fingerprint density at radius 1 is 1.33 bits per heavy atom. The molecule has 1 saturated carbocycles. The second-order valence-electron chi connectivity index (χ2n) is 5.11. The summed E-state index contributed by atoms with van der Waals surface area (Å²) in [5, 5.41) is 0. The van der Waals surface area contributed by atoms with Crippen LogP contribution in [0.15, 0.2) is 12.7 Å². The lowest BCUT2D eigenvalue weighted by Crippen LogP contribution is -2.32. The van der Waals surface area contributed by atoms with Gasteiger partial charge in [-0.3, -0.25) is 0 Å². The standard InChI is InChI=1S/C14H27N/c1-3-5-7-12-8-10-13(11-9-12)14(15)6-4-2/h4,12-14H,2-3,5-11,15H2,1H3. The maximum Gasteiger partial charge on any atom is 0.0102 e. The molecule has 0 aromatic heterocycles. The van der Waals surface area contributed by atoms with E-state index in [0.717, 1.165) is 18.3 Å². The predicted octanol–water partition coefficient (Wildman–Crippen LogP) is 3.89. The minimum atomic E-state index is 0.370. The van der Waals surface area contributed by atoms with E-state index in [2.05, 4.69) is 13.5 Å². The molecule has 0 heterocycles. The summed E-state index contributed by atoms with van der Waals surface area (Å²) < 4.78 is 0. The lowest BCUT2D eigenvalue weighted by Gasteiger charge is -2.31. The van der Waals surface area contributed by atoms with Crippen LogP contribution in [-0.4, -0.2) is 6.04 Å². The first kappa shape index (κ1) is 12.8. The highest BCUT2D eigenvalue weighted by Crippen LogP contribution is 2.33. The maximum absolute atomic E-state index is 6.13. The lowest BCUT2D eigenvalue weighted by molar-refractivity contribution is 0.232. The summed E-state index contributed by atoms with van der Waals surface area (Å²) in [6, 6.07) is 0.370. The zero-order valence-corrected chi connectivity index (χ0v) is 10.3. The van der Waals surface area contributed by atoms with Crippen LogP contribution in [0.25, 0.3) is 0 Å². The molecular formula is C14H27N. The Labute approximate surface area is 95.1 Å². The monoisotopic (exact) mass is 209 g/mol. The molecule has 0 aliphatic heterocycles. The maximum atomic E-state index is 6.13. The average molecular weight is 209 g/mol. The molecule has 1 unspecified atom stereocenters. The third kappa shape index (κ3) is 4.38. The molecule has 1 aliphatic carbocycles. The first-order chi connectivity index (χ1) is 7.27. The average Bonchev–Trinajstić information content (AvgIpc) is 2.27. The second kappa shape index (κ2) is 7.05. The molecule has 0 amide bonds. The van der Waals surface area contributed by atoms with E-state index in [9.17, 15) is 0 Å². The third-order valence-electron chi connectivity index (χ3n) is 3.90. The summed E-state index contributed by atoms with van der Waals surface area (Å²) in [5.41, 5.74) is 6.13. The van der Waals surface area contributed by atoms with E-state index in [0.29, 0.717) is 6.04 Å². The summed E-state index contributed by atoms with van der Waals surface area (Å²) in [5.74, 6) is 1.76. The van der Waals surface area contributed by atoms with Crippen LogP contribution >= 0.6 is 0 Å². The van der Waals surface area contributed by atoms with Crippen molar-refractivity contribution >= 4 is 0 Å². The van der Waals surface area contributed by atoms with Crippen molar-refractivity contribution in [3.05, 3.63) is 12.7 Å². The van der Waals surface area contributed by atoms with E-state index in [1.807, 2.05) is 6.08 Å². The van der Waals surface area contributed by atoms with Crippen LogP contribution in [0.5, 0.6) is 0 Å². The highest BCUT2D eigenvalue weighted by molar-refractivity contribution is 4.84. The van der Waals surface area contributed by atoms with Gasteiger partial charge in [0, 0.05) is 6.04 Å². The van der Waals surface area contributed by atoms with E-state index >= 15 is 0 Å². The summed E-state index contributed by atoms with van der Waals surface area (Å²) in [6.07, 6.45) is 12.7. The van der Waals surface area contributed by atoms with E-state index < -0.39 is 0 Å². The number of nitrogens with two attached hydrogens (primary N) is 1. The predicted molar refractivity (Wildman–Crippen MR) is 67.8 cm³/mol. The van der Waals surface area contributed by atoms with Gasteiger partial charge in [0.05, 0.1) is 0 Å². The van der Waals surface area contributed by atoms with Crippen molar-refractivity contribution in [2.45, 2.75) is 64.3 Å². The Balaban J connectivity index is 2.20. The van der Waals surface area contributed by atoms with E-state index in [1.165, 1.54) is 44.9 Å². The Kier molecular flexibility index (Phi) is 6.00. The van der Waals surface area contributed by atoms with Gasteiger partial charge in [0.25, 0.3) is 0 Å². The fourth-order valence-corrected chi connectivity index (χ4v) is 2.78. The van der Waals surface area contributed by atoms with Crippen molar-refractivity contribution in [3.63, 3.8) is 0 Å². The van der Waals surface area contributed by atoms with Gasteiger partial charge in [-0.25, -0.2) is 0 Å². The molecule has 88 valence electrons. The molecule has 1 atom stereocenters. The Hall–Kier alpha value is -0.300. The summed E-state index contributed by atoms with van der Waals surface area (Å²) in [6.45, 7) is 6.05. The first-order valence-electron chi connectivity index (χ1n) is 6.64. The molecule has 15 heavy (non-hydrogen) atoms. The lowest BCUT2D eigenvalue weighted by atomic mass is 9.76. The van der Waals surface area contributed by atoms with Crippen molar-refractivity contribution in [2.75, 3.05) is 0 Å². The first-order valence-corrected chi connectivity index (χ1v) is 6.64. The molecule has 1 aliphatic rings. The Morgan fingerprint density at radius 2 is 2.00 bits per heavy atom. The van der Waals surface area contributed by atoms with Gasteiger partial charge in [-0.2, -0.15) is 0 Å². The fraction of sp³-hybridized carbons (Fsp3) is 0.857. The molecule has 1 rings (SSSR count). The van der Waals surface area contributed by atoms with Crippen molar-refractivity contribution in [2.24, 2.45) is 17.6 Å². The number of rotatable bonds is 6. The fourth-order valence-electron chi connectivity index (χ4n) is 2.78. The van der Waals surface area contributed by atoms with Crippen molar-refractivity contribution in [3.8, 4) is 0 Å². The molecule has 0 aromatic carbocycles. The topological polar surface area (TPSA) is 26.0 Å². The van der Waals surface area contributed by atoms with Gasteiger partial charge in [-0.1, -0.05) is 45.1 Å². The molecule has 1 fully saturated rings. The van der Waals surface area contributed by atoms with Gasteiger partial charge in [0.2, 0.25) is 0 Å². The van der Waals surface area contributed by atoms with E-state index in [4.69, 9.17) is 5.73 Å². The molecule has 1 nitrogen and oxygen atoms in total. The number of hydrogen-bond donors (Lipinski definition) is 1. The van der Waals surface area contributed by atoms with Crippen LogP contribution in [0.3, 0.4) is 0 Å². The molecule has 0 saturated heterocycles. The van der Waals surface area contributed by atoms with Gasteiger partial charge in [0.1, 0.15) is 0 Å². The quantitative estimate of drug-likeness (QED) is 0.660. The van der Waals surface area contributed by atoms with Crippen LogP contribution in [0.1, 0.15) is 58.3 Å². The van der Waals surface area contributed by atoms with Gasteiger partial charge in [0.15, 0.2) is 0 Å². The molecule has 2 N–H and O–H groups in total. The van der Waals surface area contributed by atoms with Crippen molar-refractivity contribution in [1.29, 1.82) is 0 Å². The van der Waals surface area contributed by atoms with Crippen molar-refractivity contribution in [1.82, 2.24) is 0 Å². The molecule has 0 spiro atoms. The summed E-state index contributed by atoms with van der Waals surface area (Å²) >= 11 is 0. The Morgan fingerprint density at radius 3 is 2.53 bits per heavy atom. The van der Waals surface area contributed by atoms with Gasteiger partial charge in [-0.15, -0.1) is 6.58 Å². The molecular weight excluding hydrogens is 182 g/mol. The minimum absolute atomic E-state index is 0.370. The number of hydrogen-bond acceptors (Lipinski definition) is 1. The zero-order chi connectivity index (χ0) is 11.1. The van der Waals surface area contributed by atoms with Gasteiger partial charge < -0.3 is 5.73 Å². The van der Waals surface area contributed by atoms with Gasteiger partial charge >= 0.3 is 0 Å². The third-order valence-corrected chi connectivity index (χ3v) is 3.90. The molecule has 0 aromatic rings. The van der Waals surface area contributed by atoms with Crippen LogP contribution in [-0.2, 0) is 0 Å². The van der Waals surface area contributed by atoms with Gasteiger partial charge in [-0.05, 0) is 31.1 Å². The largest absolute Gasteiger partial charge is 0.327 e. The normalized spacial score (nSPS) is 28.7. The van der Waals surface area contributed by atoms with E-state index in [-0.39, 0.29) is 0 Å². The van der Waals surface area contributed by atoms with E-state index in [1.54, 1.807) is 0 Å². The molecule has 0 radical (unpaired) electrons. The highest BCUT2D eigenvalue weighted by atomic mass is 14.6. The summed E-state index contributed by atoms with van der Waals surface area (Å²) in [7, 11) is 0. The SMILES string of the molecule is C=CCC(N)C1CCC(CCCC)CC1. The minimum Gasteiger partial charge on any atom is -0.327 e. The van der Waals surface area contributed by atoms with Crippen LogP contribution in [0.4, 0.5) is 0 Å². The number of unbranched alkanes of at least 4 members (excludes halogenated alkanes) is 1. The van der Waals surface area contributed by atoms with Crippen molar-refractivity contribution < 1.29 is 0 Å². The van der Waals surface area contributed by atoms with Crippen LogP contribution < -0.4 is 5.73 Å². The molecule has 0 bridgehead atoms. The smallest absolute Gasteiger partial charge is 0.0102 e. The zero-order valence-electron chi connectivity index (χ0n) is 10.3. The second-order valence-corrected chi connectivity index (χ2v) is 5.11.